The number of benzene rings is 3. The lowest BCUT2D eigenvalue weighted by atomic mass is 10.1. The SMILES string of the molecule is CCOc1ccc(C(=O)NCc2ccc(F)cc2)cc1COc1ccccc1OC. The molecule has 0 fully saturated rings. The highest BCUT2D eigenvalue weighted by Crippen LogP contribution is 2.28. The molecule has 0 bridgehead atoms. The lowest BCUT2D eigenvalue weighted by molar-refractivity contribution is 0.0950. The first-order valence-electron chi connectivity index (χ1n) is 9.65. The van der Waals surface area contributed by atoms with E-state index < -0.39 is 0 Å². The molecule has 3 aromatic carbocycles. The molecule has 156 valence electrons. The van der Waals surface area contributed by atoms with Crippen LogP contribution in [-0.2, 0) is 13.2 Å². The molecular weight excluding hydrogens is 385 g/mol. The smallest absolute Gasteiger partial charge is 0.251 e. The molecule has 30 heavy (non-hydrogen) atoms. The number of para-hydroxylation sites is 2. The largest absolute Gasteiger partial charge is 0.493 e. The highest BCUT2D eigenvalue weighted by Gasteiger charge is 2.12. The second-order valence-electron chi connectivity index (χ2n) is 6.50. The van der Waals surface area contributed by atoms with Crippen LogP contribution >= 0.6 is 0 Å². The quantitative estimate of drug-likeness (QED) is 0.555. The van der Waals surface area contributed by atoms with Crippen LogP contribution in [0.25, 0.3) is 0 Å². The van der Waals surface area contributed by atoms with Crippen molar-refractivity contribution in [3.63, 3.8) is 0 Å². The number of amides is 1. The molecule has 0 saturated heterocycles. The van der Waals surface area contributed by atoms with Gasteiger partial charge in [0, 0.05) is 17.7 Å². The zero-order valence-corrected chi connectivity index (χ0v) is 17.0. The summed E-state index contributed by atoms with van der Waals surface area (Å²) in [6.45, 7) is 2.92. The Labute approximate surface area is 175 Å². The number of carbonyl (C=O) groups excluding carboxylic acids is 1. The minimum absolute atomic E-state index is 0.217. The first kappa shape index (κ1) is 21.2. The van der Waals surface area contributed by atoms with Crippen molar-refractivity contribution in [1.82, 2.24) is 5.32 Å². The summed E-state index contributed by atoms with van der Waals surface area (Å²) in [5.74, 6) is 1.34. The van der Waals surface area contributed by atoms with E-state index in [1.807, 2.05) is 31.2 Å². The van der Waals surface area contributed by atoms with Crippen LogP contribution in [-0.4, -0.2) is 19.6 Å². The van der Waals surface area contributed by atoms with Gasteiger partial charge in [0.25, 0.3) is 5.91 Å². The number of hydrogen-bond acceptors (Lipinski definition) is 4. The molecule has 0 saturated carbocycles. The van der Waals surface area contributed by atoms with Gasteiger partial charge in [-0.1, -0.05) is 24.3 Å². The molecule has 3 rings (SSSR count). The Morgan fingerprint density at radius 2 is 1.67 bits per heavy atom. The van der Waals surface area contributed by atoms with Gasteiger partial charge in [-0.2, -0.15) is 0 Å². The predicted molar refractivity (Wildman–Crippen MR) is 113 cm³/mol. The fraction of sp³-hybridized carbons (Fsp3) is 0.208. The van der Waals surface area contributed by atoms with E-state index in [4.69, 9.17) is 14.2 Å². The van der Waals surface area contributed by atoms with Crippen LogP contribution in [0, 0.1) is 5.82 Å². The molecule has 0 aliphatic heterocycles. The van der Waals surface area contributed by atoms with Crippen molar-refractivity contribution in [2.24, 2.45) is 0 Å². The second kappa shape index (κ2) is 10.3. The minimum atomic E-state index is -0.309. The number of carbonyl (C=O) groups is 1. The van der Waals surface area contributed by atoms with Crippen LogP contribution in [0.5, 0.6) is 17.2 Å². The van der Waals surface area contributed by atoms with Crippen LogP contribution in [0.2, 0.25) is 0 Å². The van der Waals surface area contributed by atoms with Crippen molar-refractivity contribution >= 4 is 5.91 Å². The van der Waals surface area contributed by atoms with Crippen LogP contribution in [0.4, 0.5) is 4.39 Å². The van der Waals surface area contributed by atoms with E-state index in [1.54, 1.807) is 37.4 Å². The maximum absolute atomic E-state index is 13.0. The van der Waals surface area contributed by atoms with E-state index in [9.17, 15) is 9.18 Å². The van der Waals surface area contributed by atoms with E-state index in [1.165, 1.54) is 12.1 Å². The molecule has 0 aliphatic carbocycles. The zero-order valence-electron chi connectivity index (χ0n) is 17.0. The lowest BCUT2D eigenvalue weighted by Crippen LogP contribution is -2.23. The van der Waals surface area contributed by atoms with Crippen LogP contribution < -0.4 is 19.5 Å². The molecule has 6 heteroatoms. The number of nitrogens with one attached hydrogen (secondary N) is 1. The molecule has 0 atom stereocenters. The number of halogens is 1. The summed E-state index contributed by atoms with van der Waals surface area (Å²) in [5, 5.41) is 2.84. The number of rotatable bonds is 9. The topological polar surface area (TPSA) is 56.8 Å². The Hall–Kier alpha value is -3.54. The van der Waals surface area contributed by atoms with Gasteiger partial charge in [-0.25, -0.2) is 4.39 Å². The van der Waals surface area contributed by atoms with Gasteiger partial charge in [0.15, 0.2) is 11.5 Å². The lowest BCUT2D eigenvalue weighted by Gasteiger charge is -2.15. The van der Waals surface area contributed by atoms with E-state index in [0.29, 0.717) is 36.0 Å². The predicted octanol–water partition coefficient (Wildman–Crippen LogP) is 4.74. The van der Waals surface area contributed by atoms with Gasteiger partial charge >= 0.3 is 0 Å². The molecule has 0 spiro atoms. The fourth-order valence-electron chi connectivity index (χ4n) is 2.91. The average molecular weight is 409 g/mol. The Morgan fingerprint density at radius 3 is 2.37 bits per heavy atom. The van der Waals surface area contributed by atoms with E-state index in [2.05, 4.69) is 5.32 Å². The first-order chi connectivity index (χ1) is 14.6. The highest BCUT2D eigenvalue weighted by atomic mass is 19.1. The summed E-state index contributed by atoms with van der Waals surface area (Å²) in [7, 11) is 1.58. The molecule has 3 aromatic rings. The molecule has 0 radical (unpaired) electrons. The van der Waals surface area contributed by atoms with Gasteiger partial charge in [-0.05, 0) is 55.0 Å². The van der Waals surface area contributed by atoms with Crippen molar-refractivity contribution in [3.05, 3.63) is 89.2 Å². The Balaban J connectivity index is 1.72. The monoisotopic (exact) mass is 409 g/mol. The van der Waals surface area contributed by atoms with Crippen molar-refractivity contribution in [3.8, 4) is 17.2 Å². The standard InChI is InChI=1S/C24H24FNO4/c1-3-29-21-13-10-18(24(27)26-15-17-8-11-20(25)12-9-17)14-19(21)16-30-23-7-5-4-6-22(23)28-2/h4-14H,3,15-16H2,1-2H3,(H,26,27). The molecule has 5 nitrogen and oxygen atoms in total. The van der Waals surface area contributed by atoms with Crippen molar-refractivity contribution in [2.75, 3.05) is 13.7 Å². The minimum Gasteiger partial charge on any atom is -0.493 e. The van der Waals surface area contributed by atoms with Crippen LogP contribution in [0.15, 0.2) is 66.7 Å². The third-order valence-corrected chi connectivity index (χ3v) is 4.44. The molecule has 1 amide bonds. The van der Waals surface area contributed by atoms with Gasteiger partial charge < -0.3 is 19.5 Å². The average Bonchev–Trinajstić information content (AvgIpc) is 2.78. The highest BCUT2D eigenvalue weighted by molar-refractivity contribution is 5.94. The van der Waals surface area contributed by atoms with Gasteiger partial charge in [0.05, 0.1) is 13.7 Å². The maximum Gasteiger partial charge on any atom is 0.251 e. The number of ether oxygens (including phenoxy) is 3. The first-order valence-corrected chi connectivity index (χ1v) is 9.65. The fourth-order valence-corrected chi connectivity index (χ4v) is 2.91. The Bertz CT molecular complexity index is 989. The molecule has 0 unspecified atom stereocenters. The van der Waals surface area contributed by atoms with Gasteiger partial charge in [-0.3, -0.25) is 4.79 Å². The normalized spacial score (nSPS) is 10.4. The van der Waals surface area contributed by atoms with Crippen LogP contribution in [0.1, 0.15) is 28.4 Å². The summed E-state index contributed by atoms with van der Waals surface area (Å²) in [5.41, 5.74) is 2.05. The van der Waals surface area contributed by atoms with Crippen molar-refractivity contribution in [2.45, 2.75) is 20.1 Å². The summed E-state index contributed by atoms with van der Waals surface area (Å²) in [6.07, 6.45) is 0. The van der Waals surface area contributed by atoms with Gasteiger partial charge in [-0.15, -0.1) is 0 Å². The van der Waals surface area contributed by atoms with Crippen LogP contribution in [0.3, 0.4) is 0 Å². The maximum atomic E-state index is 13.0. The molecular formula is C24H24FNO4. The third kappa shape index (κ3) is 5.50. The zero-order chi connectivity index (χ0) is 21.3. The summed E-state index contributed by atoms with van der Waals surface area (Å²) in [4.78, 5) is 12.6. The summed E-state index contributed by atoms with van der Waals surface area (Å²) >= 11 is 0. The second-order valence-corrected chi connectivity index (χ2v) is 6.50. The number of methoxy groups -OCH3 is 1. The summed E-state index contributed by atoms with van der Waals surface area (Å²) in [6, 6.07) is 18.6. The Kier molecular flexibility index (Phi) is 7.27. The molecule has 0 heterocycles. The summed E-state index contributed by atoms with van der Waals surface area (Å²) < 4.78 is 29.9. The third-order valence-electron chi connectivity index (χ3n) is 4.44. The van der Waals surface area contributed by atoms with E-state index in [-0.39, 0.29) is 18.3 Å². The van der Waals surface area contributed by atoms with E-state index in [0.717, 1.165) is 11.1 Å². The molecule has 0 aromatic heterocycles. The molecule has 0 aliphatic rings. The van der Waals surface area contributed by atoms with Gasteiger partial charge in [0.1, 0.15) is 18.2 Å². The number of hydrogen-bond donors (Lipinski definition) is 1. The molecule has 1 N–H and O–H groups in total. The van der Waals surface area contributed by atoms with E-state index >= 15 is 0 Å². The van der Waals surface area contributed by atoms with Gasteiger partial charge in [0.2, 0.25) is 0 Å². The van der Waals surface area contributed by atoms with Crippen molar-refractivity contribution in [1.29, 1.82) is 0 Å². The van der Waals surface area contributed by atoms with Crippen molar-refractivity contribution < 1.29 is 23.4 Å². The Morgan fingerprint density at radius 1 is 0.933 bits per heavy atom.